The first-order valence-corrected chi connectivity index (χ1v) is 16.5. The Hall–Kier alpha value is -2.22. The van der Waals surface area contributed by atoms with E-state index in [4.69, 9.17) is 4.74 Å². The number of nitrogens with one attached hydrogen (secondary N) is 2. The molecule has 0 heterocycles. The number of alkyl carbamates (subject to hydrolysis) is 1. The molecule has 0 aliphatic heterocycles. The van der Waals surface area contributed by atoms with Crippen LogP contribution in [0.5, 0.6) is 0 Å². The zero-order valence-electron chi connectivity index (χ0n) is 26.4. The van der Waals surface area contributed by atoms with E-state index in [-0.39, 0.29) is 11.8 Å². The molecule has 3 amide bonds. The van der Waals surface area contributed by atoms with Gasteiger partial charge in [-0.25, -0.2) is 4.79 Å². The lowest BCUT2D eigenvalue weighted by molar-refractivity contribution is -0.142. The minimum Gasteiger partial charge on any atom is -0.444 e. The van der Waals surface area contributed by atoms with E-state index in [1.807, 2.05) is 38.3 Å². The van der Waals surface area contributed by atoms with Gasteiger partial charge in [0.05, 0.1) is 0 Å². The van der Waals surface area contributed by atoms with Crippen molar-refractivity contribution >= 4 is 29.7 Å². The minimum atomic E-state index is -0.794. The Bertz CT molecular complexity index is 896. The molecule has 228 valence electrons. The molecule has 2 atom stereocenters. The van der Waals surface area contributed by atoms with Gasteiger partial charge in [0.15, 0.2) is 0 Å². The number of aryl methyl sites for hydroxylation is 2. The molecule has 0 saturated carbocycles. The Kier molecular flexibility index (Phi) is 17.0. The molecule has 40 heavy (non-hydrogen) atoms. The number of hydrogen-bond donors (Lipinski definition) is 2. The molecule has 0 saturated heterocycles. The molecule has 0 radical (unpaired) electrons. The predicted molar refractivity (Wildman–Crippen MR) is 168 cm³/mol. The maximum Gasteiger partial charge on any atom is 0.408 e. The van der Waals surface area contributed by atoms with Crippen LogP contribution in [0.3, 0.4) is 0 Å². The number of benzene rings is 1. The topological polar surface area (TPSA) is 87.7 Å². The average molecular weight is 578 g/mol. The highest BCUT2D eigenvalue weighted by Gasteiger charge is 2.37. The van der Waals surface area contributed by atoms with Crippen LogP contribution in [0.15, 0.2) is 18.2 Å². The summed E-state index contributed by atoms with van der Waals surface area (Å²) < 4.78 is 5.50. The summed E-state index contributed by atoms with van der Waals surface area (Å²) >= 11 is 1.62. The Morgan fingerprint density at radius 3 is 2.12 bits per heavy atom. The number of carbonyl (C=O) groups excluding carboxylic acids is 3. The Labute approximate surface area is 248 Å². The van der Waals surface area contributed by atoms with Crippen molar-refractivity contribution in [2.75, 3.05) is 25.1 Å². The van der Waals surface area contributed by atoms with Crippen LogP contribution < -0.4 is 10.6 Å². The van der Waals surface area contributed by atoms with Gasteiger partial charge in [-0.15, -0.1) is 0 Å². The molecule has 1 aromatic rings. The molecule has 2 unspecified atom stereocenters. The van der Waals surface area contributed by atoms with Crippen molar-refractivity contribution in [2.24, 2.45) is 0 Å². The van der Waals surface area contributed by atoms with Crippen LogP contribution in [-0.4, -0.2) is 59.5 Å². The Balaban J connectivity index is 3.50. The molecule has 1 rings (SSSR count). The molecule has 7 nitrogen and oxygen atoms in total. The first-order chi connectivity index (χ1) is 19.0. The molecule has 8 heteroatoms. The second-order valence-corrected chi connectivity index (χ2v) is 12.6. The van der Waals surface area contributed by atoms with E-state index in [0.717, 1.165) is 68.1 Å². The van der Waals surface area contributed by atoms with Crippen LogP contribution in [0.2, 0.25) is 0 Å². The van der Waals surface area contributed by atoms with Gasteiger partial charge in [0.2, 0.25) is 11.8 Å². The Morgan fingerprint density at radius 1 is 0.950 bits per heavy atom. The predicted octanol–water partition coefficient (Wildman–Crippen LogP) is 7.10. The van der Waals surface area contributed by atoms with Crippen molar-refractivity contribution in [3.63, 3.8) is 0 Å². The zero-order chi connectivity index (χ0) is 30.1. The molecule has 1 aromatic carbocycles. The molecule has 0 aromatic heterocycles. The van der Waals surface area contributed by atoms with Crippen molar-refractivity contribution in [2.45, 2.75) is 124 Å². The summed E-state index contributed by atoms with van der Waals surface area (Å²) in [5, 5.41) is 5.96. The van der Waals surface area contributed by atoms with Crippen LogP contribution in [0, 0.1) is 13.8 Å². The first-order valence-electron chi connectivity index (χ1n) is 15.1. The number of carbonyl (C=O) groups is 3. The molecule has 0 fully saturated rings. The third kappa shape index (κ3) is 13.0. The van der Waals surface area contributed by atoms with Gasteiger partial charge in [-0.1, -0.05) is 70.6 Å². The summed E-state index contributed by atoms with van der Waals surface area (Å²) in [5.41, 5.74) is 2.12. The monoisotopic (exact) mass is 577 g/mol. The first kappa shape index (κ1) is 35.8. The van der Waals surface area contributed by atoms with E-state index >= 15 is 0 Å². The fourth-order valence-corrected chi connectivity index (χ4v) is 5.24. The fraction of sp³-hybridized carbons (Fsp3) is 0.719. The van der Waals surface area contributed by atoms with Gasteiger partial charge in [-0.05, 0) is 82.6 Å². The zero-order valence-corrected chi connectivity index (χ0v) is 27.2. The van der Waals surface area contributed by atoms with Gasteiger partial charge in [-0.2, -0.15) is 11.8 Å². The number of amides is 3. The van der Waals surface area contributed by atoms with Gasteiger partial charge in [0.25, 0.3) is 0 Å². The van der Waals surface area contributed by atoms with E-state index in [1.54, 1.807) is 37.4 Å². The third-order valence-electron chi connectivity index (χ3n) is 6.84. The SMILES string of the molecule is CCCCCCCN(C(=O)C(CCSC)NC(=O)OC(C)(C)C)C(C(=O)NCCCCC)c1c(C)cccc1C. The van der Waals surface area contributed by atoms with Crippen molar-refractivity contribution in [3.05, 3.63) is 34.9 Å². The maximum absolute atomic E-state index is 14.4. The van der Waals surface area contributed by atoms with E-state index in [0.29, 0.717) is 25.3 Å². The largest absolute Gasteiger partial charge is 0.444 e. The van der Waals surface area contributed by atoms with Crippen LogP contribution in [-0.2, 0) is 14.3 Å². The quantitative estimate of drug-likeness (QED) is 0.182. The van der Waals surface area contributed by atoms with Crippen molar-refractivity contribution in [3.8, 4) is 0 Å². The summed E-state index contributed by atoms with van der Waals surface area (Å²) in [6.07, 6.45) is 9.91. The normalized spacial score (nSPS) is 12.9. The summed E-state index contributed by atoms with van der Waals surface area (Å²) in [7, 11) is 0. The van der Waals surface area contributed by atoms with E-state index < -0.39 is 23.8 Å². The highest BCUT2D eigenvalue weighted by molar-refractivity contribution is 7.98. The number of unbranched alkanes of at least 4 members (excludes halogenated alkanes) is 6. The second-order valence-electron chi connectivity index (χ2n) is 11.6. The lowest BCUT2D eigenvalue weighted by atomic mass is 9.93. The Morgan fingerprint density at radius 2 is 1.55 bits per heavy atom. The molecular weight excluding hydrogens is 522 g/mol. The number of hydrogen-bond acceptors (Lipinski definition) is 5. The standard InChI is InChI=1S/C32H55N3O4S/c1-9-11-13-14-16-22-35(30(37)26(20-23-40-8)34-31(38)39-32(5,6)7)28(29(36)33-21-15-12-10-2)27-24(3)18-17-19-25(27)4/h17-19,26,28H,9-16,20-23H2,1-8H3,(H,33,36)(H,34,38). The van der Waals surface area contributed by atoms with E-state index in [1.165, 1.54) is 0 Å². The number of thioether (sulfide) groups is 1. The molecule has 0 spiro atoms. The van der Waals surface area contributed by atoms with Gasteiger partial charge >= 0.3 is 6.09 Å². The molecule has 2 N–H and O–H groups in total. The number of nitrogens with zero attached hydrogens (tertiary/aromatic N) is 1. The average Bonchev–Trinajstić information content (AvgIpc) is 2.88. The molecule has 0 aliphatic rings. The van der Waals surface area contributed by atoms with Crippen LogP contribution in [0.1, 0.15) is 115 Å². The van der Waals surface area contributed by atoms with Gasteiger partial charge in [0, 0.05) is 13.1 Å². The molecular formula is C32H55N3O4S. The molecule has 0 bridgehead atoms. The minimum absolute atomic E-state index is 0.170. The van der Waals surface area contributed by atoms with Crippen LogP contribution in [0.25, 0.3) is 0 Å². The molecule has 0 aliphatic carbocycles. The summed E-state index contributed by atoms with van der Waals surface area (Å²) in [5.74, 6) is 0.274. The summed E-state index contributed by atoms with van der Waals surface area (Å²) in [4.78, 5) is 42.8. The van der Waals surface area contributed by atoms with Crippen LogP contribution >= 0.6 is 11.8 Å². The maximum atomic E-state index is 14.4. The summed E-state index contributed by atoms with van der Waals surface area (Å²) in [6, 6.07) is 4.39. The van der Waals surface area contributed by atoms with Gasteiger partial charge < -0.3 is 20.3 Å². The van der Waals surface area contributed by atoms with E-state index in [9.17, 15) is 14.4 Å². The number of ether oxygens (including phenoxy) is 1. The van der Waals surface area contributed by atoms with Crippen molar-refractivity contribution in [1.29, 1.82) is 0 Å². The fourth-order valence-electron chi connectivity index (χ4n) is 4.77. The summed E-state index contributed by atoms with van der Waals surface area (Å²) in [6.45, 7) is 14.7. The lowest BCUT2D eigenvalue weighted by Crippen LogP contribution is -2.53. The number of rotatable bonds is 18. The third-order valence-corrected chi connectivity index (χ3v) is 7.48. The lowest BCUT2D eigenvalue weighted by Gasteiger charge is -2.36. The highest BCUT2D eigenvalue weighted by Crippen LogP contribution is 2.29. The van der Waals surface area contributed by atoms with E-state index in [2.05, 4.69) is 24.5 Å². The van der Waals surface area contributed by atoms with Gasteiger partial charge in [0.1, 0.15) is 17.7 Å². The van der Waals surface area contributed by atoms with Gasteiger partial charge in [-0.3, -0.25) is 9.59 Å². The van der Waals surface area contributed by atoms with Crippen LogP contribution in [0.4, 0.5) is 4.79 Å². The smallest absolute Gasteiger partial charge is 0.408 e. The van der Waals surface area contributed by atoms with Crippen molar-refractivity contribution < 1.29 is 19.1 Å². The highest BCUT2D eigenvalue weighted by atomic mass is 32.2. The second kappa shape index (κ2) is 19.0. The van der Waals surface area contributed by atoms with Crippen molar-refractivity contribution in [1.82, 2.24) is 15.5 Å².